The first-order chi connectivity index (χ1) is 10.4. The SMILES string of the molecule is COCC1(C(N)=O)CCCN1C(=O)Cc1cccc(Cl)c1F. The van der Waals surface area contributed by atoms with Gasteiger partial charge in [0.15, 0.2) is 0 Å². The van der Waals surface area contributed by atoms with Crippen LogP contribution in [0.1, 0.15) is 18.4 Å². The Morgan fingerprint density at radius 1 is 1.50 bits per heavy atom. The normalized spacial score (nSPS) is 21.1. The summed E-state index contributed by atoms with van der Waals surface area (Å²) >= 11 is 5.72. The van der Waals surface area contributed by atoms with Crippen LogP contribution in [0.5, 0.6) is 0 Å². The molecule has 120 valence electrons. The third kappa shape index (κ3) is 2.94. The van der Waals surface area contributed by atoms with E-state index >= 15 is 0 Å². The number of hydrogen-bond acceptors (Lipinski definition) is 3. The van der Waals surface area contributed by atoms with Crippen LogP contribution in [0.25, 0.3) is 0 Å². The largest absolute Gasteiger partial charge is 0.382 e. The van der Waals surface area contributed by atoms with E-state index in [2.05, 4.69) is 0 Å². The molecule has 0 saturated carbocycles. The van der Waals surface area contributed by atoms with Gasteiger partial charge in [0, 0.05) is 13.7 Å². The molecular weight excluding hydrogens is 311 g/mol. The number of nitrogens with two attached hydrogens (primary N) is 1. The highest BCUT2D eigenvalue weighted by atomic mass is 35.5. The number of ether oxygens (including phenoxy) is 1. The van der Waals surface area contributed by atoms with Gasteiger partial charge in [-0.05, 0) is 24.5 Å². The van der Waals surface area contributed by atoms with Gasteiger partial charge in [-0.2, -0.15) is 0 Å². The molecule has 1 saturated heterocycles. The van der Waals surface area contributed by atoms with Crippen molar-refractivity contribution in [3.63, 3.8) is 0 Å². The molecule has 1 fully saturated rings. The van der Waals surface area contributed by atoms with E-state index < -0.39 is 17.3 Å². The third-order valence-electron chi connectivity index (χ3n) is 4.00. The fourth-order valence-corrected chi connectivity index (χ4v) is 3.10. The Hall–Kier alpha value is -1.66. The van der Waals surface area contributed by atoms with Crippen molar-refractivity contribution in [1.82, 2.24) is 4.90 Å². The van der Waals surface area contributed by atoms with Crippen molar-refractivity contribution >= 4 is 23.4 Å². The van der Waals surface area contributed by atoms with Gasteiger partial charge in [-0.25, -0.2) is 4.39 Å². The van der Waals surface area contributed by atoms with E-state index in [0.717, 1.165) is 0 Å². The van der Waals surface area contributed by atoms with Crippen LogP contribution in [0.3, 0.4) is 0 Å². The number of benzene rings is 1. The zero-order valence-corrected chi connectivity index (χ0v) is 13.0. The number of rotatable bonds is 5. The van der Waals surface area contributed by atoms with Crippen LogP contribution >= 0.6 is 11.6 Å². The molecule has 1 aromatic carbocycles. The van der Waals surface area contributed by atoms with Gasteiger partial charge >= 0.3 is 0 Å². The zero-order valence-electron chi connectivity index (χ0n) is 12.3. The van der Waals surface area contributed by atoms with Crippen molar-refractivity contribution in [2.75, 3.05) is 20.3 Å². The molecule has 2 N–H and O–H groups in total. The first-order valence-electron chi connectivity index (χ1n) is 6.94. The predicted octanol–water partition coefficient (Wildman–Crippen LogP) is 1.51. The molecule has 1 aliphatic rings. The minimum Gasteiger partial charge on any atom is -0.382 e. The fourth-order valence-electron chi connectivity index (χ4n) is 2.90. The summed E-state index contributed by atoms with van der Waals surface area (Å²) in [6.45, 7) is 0.430. The van der Waals surface area contributed by atoms with Crippen molar-refractivity contribution in [1.29, 1.82) is 0 Å². The lowest BCUT2D eigenvalue weighted by atomic mass is 9.95. The van der Waals surface area contributed by atoms with E-state index in [9.17, 15) is 14.0 Å². The molecule has 1 atom stereocenters. The minimum absolute atomic E-state index is 0.0338. The van der Waals surface area contributed by atoms with Crippen molar-refractivity contribution in [3.05, 3.63) is 34.6 Å². The Morgan fingerprint density at radius 2 is 2.23 bits per heavy atom. The maximum absolute atomic E-state index is 13.9. The van der Waals surface area contributed by atoms with E-state index in [1.807, 2.05) is 0 Å². The number of carbonyl (C=O) groups excluding carboxylic acids is 2. The molecule has 0 aliphatic carbocycles. The Morgan fingerprint density at radius 3 is 2.86 bits per heavy atom. The van der Waals surface area contributed by atoms with Crippen LogP contribution in [0.4, 0.5) is 4.39 Å². The molecule has 0 aromatic heterocycles. The molecule has 5 nitrogen and oxygen atoms in total. The third-order valence-corrected chi connectivity index (χ3v) is 4.30. The second-order valence-electron chi connectivity index (χ2n) is 5.37. The molecule has 2 rings (SSSR count). The average molecular weight is 329 g/mol. The van der Waals surface area contributed by atoms with Crippen LogP contribution in [0, 0.1) is 5.82 Å². The van der Waals surface area contributed by atoms with Crippen LogP contribution in [0.2, 0.25) is 5.02 Å². The molecular formula is C15H18ClFN2O3. The highest BCUT2D eigenvalue weighted by molar-refractivity contribution is 6.30. The Kier molecular flexibility index (Phi) is 5.03. The fraction of sp³-hybridized carbons (Fsp3) is 0.467. The molecule has 2 amide bonds. The highest BCUT2D eigenvalue weighted by Crippen LogP contribution is 2.31. The second-order valence-corrected chi connectivity index (χ2v) is 5.77. The summed E-state index contributed by atoms with van der Waals surface area (Å²) in [5, 5.41) is -0.0372. The Bertz CT molecular complexity index is 596. The number of carbonyl (C=O) groups is 2. The first-order valence-corrected chi connectivity index (χ1v) is 7.32. The summed E-state index contributed by atoms with van der Waals surface area (Å²) in [4.78, 5) is 25.8. The summed E-state index contributed by atoms with van der Waals surface area (Å²) in [5.41, 5.74) is 4.53. The maximum Gasteiger partial charge on any atom is 0.245 e. The summed E-state index contributed by atoms with van der Waals surface area (Å²) in [6.07, 6.45) is 0.918. The summed E-state index contributed by atoms with van der Waals surface area (Å²) in [6, 6.07) is 4.49. The molecule has 1 aliphatic heterocycles. The molecule has 1 unspecified atom stereocenters. The number of nitrogens with zero attached hydrogens (tertiary/aromatic N) is 1. The van der Waals surface area contributed by atoms with Gasteiger partial charge in [0.2, 0.25) is 11.8 Å². The lowest BCUT2D eigenvalue weighted by Crippen LogP contribution is -2.59. The number of amides is 2. The molecule has 0 radical (unpaired) electrons. The Balaban J connectivity index is 2.24. The summed E-state index contributed by atoms with van der Waals surface area (Å²) in [7, 11) is 1.45. The van der Waals surface area contributed by atoms with Crippen molar-refractivity contribution in [2.45, 2.75) is 24.8 Å². The predicted molar refractivity (Wildman–Crippen MR) is 79.9 cm³/mol. The van der Waals surface area contributed by atoms with E-state index in [-0.39, 0.29) is 29.5 Å². The number of hydrogen-bond donors (Lipinski definition) is 1. The van der Waals surface area contributed by atoms with Gasteiger partial charge in [0.25, 0.3) is 0 Å². The van der Waals surface area contributed by atoms with Crippen molar-refractivity contribution < 1.29 is 18.7 Å². The molecule has 0 spiro atoms. The molecule has 1 heterocycles. The van der Waals surface area contributed by atoms with E-state index in [0.29, 0.717) is 19.4 Å². The number of methoxy groups -OCH3 is 1. The highest BCUT2D eigenvalue weighted by Gasteiger charge is 2.48. The number of halogens is 2. The summed E-state index contributed by atoms with van der Waals surface area (Å²) in [5.74, 6) is -1.59. The van der Waals surface area contributed by atoms with Gasteiger partial charge in [0.05, 0.1) is 18.1 Å². The van der Waals surface area contributed by atoms with Crippen LogP contribution in [-0.2, 0) is 20.7 Å². The standard InChI is InChI=1S/C15H18ClFN2O3/c1-22-9-15(14(18)21)6-3-7-19(15)12(20)8-10-4-2-5-11(16)13(10)17/h2,4-5H,3,6-9H2,1H3,(H2,18,21). The average Bonchev–Trinajstić information content (AvgIpc) is 2.89. The van der Waals surface area contributed by atoms with E-state index in [1.165, 1.54) is 24.1 Å². The first kappa shape index (κ1) is 16.7. The van der Waals surface area contributed by atoms with Crippen LogP contribution < -0.4 is 5.73 Å². The van der Waals surface area contributed by atoms with Crippen LogP contribution in [-0.4, -0.2) is 42.5 Å². The zero-order chi connectivity index (χ0) is 16.3. The van der Waals surface area contributed by atoms with Gasteiger partial charge in [-0.1, -0.05) is 23.7 Å². The Labute approximate surface area is 133 Å². The molecule has 1 aromatic rings. The molecule has 22 heavy (non-hydrogen) atoms. The lowest BCUT2D eigenvalue weighted by Gasteiger charge is -2.35. The van der Waals surface area contributed by atoms with Gasteiger partial charge in [0.1, 0.15) is 11.4 Å². The van der Waals surface area contributed by atoms with Crippen LogP contribution in [0.15, 0.2) is 18.2 Å². The topological polar surface area (TPSA) is 72.6 Å². The molecule has 0 bridgehead atoms. The minimum atomic E-state index is -1.15. The smallest absolute Gasteiger partial charge is 0.245 e. The van der Waals surface area contributed by atoms with Gasteiger partial charge < -0.3 is 15.4 Å². The lowest BCUT2D eigenvalue weighted by molar-refractivity contribution is -0.146. The summed E-state index contributed by atoms with van der Waals surface area (Å²) < 4.78 is 19.0. The van der Waals surface area contributed by atoms with Gasteiger partial charge in [-0.15, -0.1) is 0 Å². The van der Waals surface area contributed by atoms with Gasteiger partial charge in [-0.3, -0.25) is 9.59 Å². The second kappa shape index (κ2) is 6.62. The van der Waals surface area contributed by atoms with E-state index in [4.69, 9.17) is 22.1 Å². The van der Waals surface area contributed by atoms with Crippen molar-refractivity contribution in [2.24, 2.45) is 5.73 Å². The monoisotopic (exact) mass is 328 g/mol. The maximum atomic E-state index is 13.9. The number of likely N-dealkylation sites (tertiary alicyclic amines) is 1. The van der Waals surface area contributed by atoms with E-state index in [1.54, 1.807) is 6.07 Å². The number of primary amides is 1. The van der Waals surface area contributed by atoms with Crippen molar-refractivity contribution in [3.8, 4) is 0 Å². The molecule has 7 heteroatoms. The quantitative estimate of drug-likeness (QED) is 0.890.